The van der Waals surface area contributed by atoms with Crippen molar-refractivity contribution in [2.24, 2.45) is 5.73 Å². The molecule has 0 aliphatic rings. The molecule has 94 valence electrons. The lowest BCUT2D eigenvalue weighted by Crippen LogP contribution is -2.44. The predicted octanol–water partition coefficient (Wildman–Crippen LogP) is -1.06. The van der Waals surface area contributed by atoms with Crippen LogP contribution >= 0.6 is 0 Å². The van der Waals surface area contributed by atoms with E-state index in [0.29, 0.717) is 13.1 Å². The van der Waals surface area contributed by atoms with E-state index < -0.39 is 0 Å². The second-order valence-corrected chi connectivity index (χ2v) is 3.71. The zero-order valence-electron chi connectivity index (χ0n) is 10.2. The van der Waals surface area contributed by atoms with E-state index in [4.69, 9.17) is 5.73 Å². The number of nitrogens with one attached hydrogen (secondary N) is 1. The van der Waals surface area contributed by atoms with Gasteiger partial charge < -0.3 is 15.8 Å². The van der Waals surface area contributed by atoms with Crippen molar-refractivity contribution in [2.45, 2.75) is 19.9 Å². The molecule has 16 heavy (non-hydrogen) atoms. The Morgan fingerprint density at radius 1 is 1.38 bits per heavy atom. The maximum absolute atomic E-state index is 11.4. The molecule has 0 saturated heterocycles. The van der Waals surface area contributed by atoms with Crippen LogP contribution in [0.3, 0.4) is 0 Å². The van der Waals surface area contributed by atoms with Crippen LogP contribution in [0, 0.1) is 0 Å². The maximum Gasteiger partial charge on any atom is 0.319 e. The maximum atomic E-state index is 11.4. The molecule has 0 rings (SSSR count). The summed E-state index contributed by atoms with van der Waals surface area (Å²) in [5.74, 6) is -0.483. The summed E-state index contributed by atoms with van der Waals surface area (Å²) in [4.78, 5) is 24.3. The van der Waals surface area contributed by atoms with Crippen LogP contribution in [0.5, 0.6) is 0 Å². The number of carbonyl (C=O) groups is 2. The van der Waals surface area contributed by atoms with E-state index in [9.17, 15) is 9.59 Å². The van der Waals surface area contributed by atoms with Gasteiger partial charge in [0.15, 0.2) is 0 Å². The SMILES string of the molecule is COC(=O)CN(CC(=O)NCCN)C(C)C. The molecule has 0 aromatic carbocycles. The lowest BCUT2D eigenvalue weighted by molar-refractivity contribution is -0.142. The van der Waals surface area contributed by atoms with Crippen LogP contribution in [0.2, 0.25) is 0 Å². The third kappa shape index (κ3) is 6.36. The molecule has 0 aliphatic heterocycles. The largest absolute Gasteiger partial charge is 0.468 e. The first kappa shape index (κ1) is 14.9. The first-order chi connectivity index (χ1) is 7.51. The lowest BCUT2D eigenvalue weighted by atomic mass is 10.3. The summed E-state index contributed by atoms with van der Waals surface area (Å²) >= 11 is 0. The van der Waals surface area contributed by atoms with Crippen molar-refractivity contribution < 1.29 is 14.3 Å². The van der Waals surface area contributed by atoms with Crippen molar-refractivity contribution >= 4 is 11.9 Å². The number of rotatable bonds is 7. The number of nitrogens with two attached hydrogens (primary N) is 1. The van der Waals surface area contributed by atoms with Crippen molar-refractivity contribution in [3.05, 3.63) is 0 Å². The van der Waals surface area contributed by atoms with Gasteiger partial charge in [-0.1, -0.05) is 0 Å². The van der Waals surface area contributed by atoms with Gasteiger partial charge in [0.25, 0.3) is 0 Å². The highest BCUT2D eigenvalue weighted by atomic mass is 16.5. The summed E-state index contributed by atoms with van der Waals surface area (Å²) in [6.07, 6.45) is 0. The number of methoxy groups -OCH3 is 1. The van der Waals surface area contributed by atoms with Crippen LogP contribution in [0.15, 0.2) is 0 Å². The zero-order chi connectivity index (χ0) is 12.6. The third-order valence-electron chi connectivity index (χ3n) is 2.10. The van der Waals surface area contributed by atoms with Crippen LogP contribution in [0.25, 0.3) is 0 Å². The monoisotopic (exact) mass is 231 g/mol. The summed E-state index contributed by atoms with van der Waals surface area (Å²) in [6.45, 7) is 4.97. The van der Waals surface area contributed by atoms with Gasteiger partial charge in [-0.15, -0.1) is 0 Å². The van der Waals surface area contributed by atoms with Gasteiger partial charge >= 0.3 is 5.97 Å². The topological polar surface area (TPSA) is 84.7 Å². The lowest BCUT2D eigenvalue weighted by Gasteiger charge is -2.24. The number of ether oxygens (including phenoxy) is 1. The molecule has 0 spiro atoms. The Hall–Kier alpha value is -1.14. The van der Waals surface area contributed by atoms with Crippen LogP contribution < -0.4 is 11.1 Å². The quantitative estimate of drug-likeness (QED) is 0.546. The first-order valence-electron chi connectivity index (χ1n) is 5.28. The van der Waals surface area contributed by atoms with Gasteiger partial charge in [0.1, 0.15) is 0 Å². The summed E-state index contributed by atoms with van der Waals surface area (Å²) in [5.41, 5.74) is 5.27. The molecule has 0 aromatic heterocycles. The fourth-order valence-corrected chi connectivity index (χ4v) is 1.10. The van der Waals surface area contributed by atoms with E-state index in [-0.39, 0.29) is 31.0 Å². The van der Waals surface area contributed by atoms with Gasteiger partial charge in [0, 0.05) is 19.1 Å². The summed E-state index contributed by atoms with van der Waals surface area (Å²) in [5, 5.41) is 2.65. The van der Waals surface area contributed by atoms with Crippen molar-refractivity contribution in [3.8, 4) is 0 Å². The van der Waals surface area contributed by atoms with Crippen LogP contribution in [-0.4, -0.2) is 56.1 Å². The molecule has 6 nitrogen and oxygen atoms in total. The van der Waals surface area contributed by atoms with E-state index in [0.717, 1.165) is 0 Å². The molecule has 0 aliphatic carbocycles. The molecule has 0 saturated carbocycles. The minimum Gasteiger partial charge on any atom is -0.468 e. The summed E-state index contributed by atoms with van der Waals surface area (Å²) < 4.78 is 4.56. The third-order valence-corrected chi connectivity index (χ3v) is 2.10. The van der Waals surface area contributed by atoms with E-state index in [1.165, 1.54) is 7.11 Å². The highest BCUT2D eigenvalue weighted by Gasteiger charge is 2.17. The van der Waals surface area contributed by atoms with Gasteiger partial charge in [-0.3, -0.25) is 14.5 Å². The highest BCUT2D eigenvalue weighted by Crippen LogP contribution is 1.97. The number of esters is 1. The fraction of sp³-hybridized carbons (Fsp3) is 0.800. The van der Waals surface area contributed by atoms with Gasteiger partial charge in [0.05, 0.1) is 20.2 Å². The molecular formula is C10H21N3O3. The Morgan fingerprint density at radius 2 is 2.00 bits per heavy atom. The molecule has 6 heteroatoms. The van der Waals surface area contributed by atoms with Crippen LogP contribution in [0.4, 0.5) is 0 Å². The Bertz CT molecular complexity index is 231. The fourth-order valence-electron chi connectivity index (χ4n) is 1.10. The minimum absolute atomic E-state index is 0.0997. The van der Waals surface area contributed by atoms with Crippen molar-refractivity contribution in [1.82, 2.24) is 10.2 Å². The Labute approximate surface area is 96.1 Å². The zero-order valence-corrected chi connectivity index (χ0v) is 10.2. The van der Waals surface area contributed by atoms with Crippen LogP contribution in [0.1, 0.15) is 13.8 Å². The van der Waals surface area contributed by atoms with Gasteiger partial charge in [-0.25, -0.2) is 0 Å². The number of nitrogens with zero attached hydrogens (tertiary/aromatic N) is 1. The highest BCUT2D eigenvalue weighted by molar-refractivity contribution is 5.79. The van der Waals surface area contributed by atoms with Crippen molar-refractivity contribution in [1.29, 1.82) is 0 Å². The number of hydrogen-bond acceptors (Lipinski definition) is 5. The molecule has 0 unspecified atom stereocenters. The Balaban J connectivity index is 4.12. The average Bonchev–Trinajstić information content (AvgIpc) is 2.24. The van der Waals surface area contributed by atoms with E-state index >= 15 is 0 Å². The van der Waals surface area contributed by atoms with E-state index in [1.54, 1.807) is 4.90 Å². The van der Waals surface area contributed by atoms with Gasteiger partial charge in [0.2, 0.25) is 5.91 Å². The number of hydrogen-bond donors (Lipinski definition) is 2. The van der Waals surface area contributed by atoms with Crippen molar-refractivity contribution in [3.63, 3.8) is 0 Å². The average molecular weight is 231 g/mol. The number of amides is 1. The minimum atomic E-state index is -0.347. The molecule has 3 N–H and O–H groups in total. The molecule has 1 amide bonds. The molecule has 0 bridgehead atoms. The predicted molar refractivity (Wildman–Crippen MR) is 60.8 cm³/mol. The Morgan fingerprint density at radius 3 is 2.44 bits per heavy atom. The molecule has 0 heterocycles. The van der Waals surface area contributed by atoms with Crippen molar-refractivity contribution in [2.75, 3.05) is 33.3 Å². The molecule has 0 fully saturated rings. The molecule has 0 atom stereocenters. The van der Waals surface area contributed by atoms with E-state index in [2.05, 4.69) is 10.1 Å². The van der Waals surface area contributed by atoms with Gasteiger partial charge in [-0.2, -0.15) is 0 Å². The van der Waals surface area contributed by atoms with E-state index in [1.807, 2.05) is 13.8 Å². The van der Waals surface area contributed by atoms with Crippen LogP contribution in [-0.2, 0) is 14.3 Å². The Kier molecular flexibility index (Phi) is 7.49. The standard InChI is InChI=1S/C10H21N3O3/c1-8(2)13(7-10(15)16-3)6-9(14)12-5-4-11/h8H,4-7,11H2,1-3H3,(H,12,14). The summed E-state index contributed by atoms with van der Waals surface area (Å²) in [7, 11) is 1.33. The number of carbonyl (C=O) groups excluding carboxylic acids is 2. The smallest absolute Gasteiger partial charge is 0.319 e. The second-order valence-electron chi connectivity index (χ2n) is 3.71. The second kappa shape index (κ2) is 8.06. The molecule has 0 aromatic rings. The molecule has 0 radical (unpaired) electrons. The summed E-state index contributed by atoms with van der Waals surface area (Å²) in [6, 6.07) is 0.0997. The van der Waals surface area contributed by atoms with Gasteiger partial charge in [-0.05, 0) is 13.8 Å². The molecular weight excluding hydrogens is 210 g/mol. The first-order valence-corrected chi connectivity index (χ1v) is 5.28. The normalized spacial score (nSPS) is 10.6.